The van der Waals surface area contributed by atoms with Gasteiger partial charge in [-0.3, -0.25) is 4.79 Å². The number of amides is 3. The molecule has 0 unspecified atom stereocenters. The Hall–Kier alpha value is -3.35. The van der Waals surface area contributed by atoms with Crippen molar-refractivity contribution in [3.05, 3.63) is 59.7 Å². The standard InChI is InChI=1S/C20H21N3O4/c1-3-20(15-8-6-5-7-9-15)18(25)23(19(26)22-20)21-13-14-10-11-16(24)17(12-14)27-4-2/h5-13,24H,3-4H2,1-2H3,(H,22,26)/b21-13+/t20-/m1/s1. The number of ether oxygens (including phenoxy) is 1. The Kier molecular flexibility index (Phi) is 5.12. The number of nitrogens with one attached hydrogen (secondary N) is 1. The number of aromatic hydroxyl groups is 1. The van der Waals surface area contributed by atoms with E-state index in [1.54, 1.807) is 19.1 Å². The third kappa shape index (κ3) is 3.36. The maximum atomic E-state index is 13.0. The molecule has 0 aliphatic carbocycles. The number of hydrazone groups is 1. The van der Waals surface area contributed by atoms with Crippen LogP contribution in [0.3, 0.4) is 0 Å². The molecule has 1 heterocycles. The summed E-state index contributed by atoms with van der Waals surface area (Å²) in [4.78, 5) is 25.4. The normalized spacial score (nSPS) is 19.6. The predicted molar refractivity (Wildman–Crippen MR) is 101 cm³/mol. The predicted octanol–water partition coefficient (Wildman–Crippen LogP) is 2.98. The fraction of sp³-hybridized carbons (Fsp3) is 0.250. The van der Waals surface area contributed by atoms with E-state index in [0.29, 0.717) is 29.9 Å². The second-order valence-electron chi connectivity index (χ2n) is 6.08. The second-order valence-corrected chi connectivity index (χ2v) is 6.08. The Labute approximate surface area is 157 Å². The van der Waals surface area contributed by atoms with Gasteiger partial charge in [-0.1, -0.05) is 37.3 Å². The maximum absolute atomic E-state index is 13.0. The fourth-order valence-electron chi connectivity index (χ4n) is 3.04. The van der Waals surface area contributed by atoms with Gasteiger partial charge in [-0.05, 0) is 42.7 Å². The molecule has 1 aliphatic heterocycles. The Morgan fingerprint density at radius 3 is 2.59 bits per heavy atom. The average molecular weight is 367 g/mol. The van der Waals surface area contributed by atoms with Crippen molar-refractivity contribution < 1.29 is 19.4 Å². The fourth-order valence-corrected chi connectivity index (χ4v) is 3.04. The number of phenols is 1. The van der Waals surface area contributed by atoms with E-state index in [0.717, 1.165) is 5.01 Å². The van der Waals surface area contributed by atoms with Crippen LogP contribution in [-0.2, 0) is 10.3 Å². The minimum atomic E-state index is -1.12. The van der Waals surface area contributed by atoms with Crippen LogP contribution in [0, 0.1) is 0 Å². The number of nitrogens with zero attached hydrogens (tertiary/aromatic N) is 2. The maximum Gasteiger partial charge on any atom is 0.346 e. The molecule has 2 aromatic carbocycles. The SMILES string of the molecule is CCOc1cc(/C=N/N2C(=O)N[C@](CC)(c3ccccc3)C2=O)ccc1O. The molecule has 0 aromatic heterocycles. The Bertz CT molecular complexity index is 882. The summed E-state index contributed by atoms with van der Waals surface area (Å²) in [5.74, 6) is -0.106. The van der Waals surface area contributed by atoms with Crippen molar-refractivity contribution in [1.29, 1.82) is 0 Å². The lowest BCUT2D eigenvalue weighted by Gasteiger charge is -2.24. The molecule has 7 heteroatoms. The van der Waals surface area contributed by atoms with Crippen LogP contribution in [0.2, 0.25) is 0 Å². The van der Waals surface area contributed by atoms with Crippen LogP contribution in [0.4, 0.5) is 4.79 Å². The zero-order chi connectivity index (χ0) is 19.4. The smallest absolute Gasteiger partial charge is 0.346 e. The molecule has 2 N–H and O–H groups in total. The number of carbonyl (C=O) groups is 2. The van der Waals surface area contributed by atoms with Crippen LogP contribution in [0.1, 0.15) is 31.4 Å². The Morgan fingerprint density at radius 1 is 1.19 bits per heavy atom. The van der Waals surface area contributed by atoms with Crippen LogP contribution < -0.4 is 10.1 Å². The molecule has 3 rings (SSSR count). The van der Waals surface area contributed by atoms with Crippen LogP contribution in [-0.4, -0.2) is 34.9 Å². The molecular weight excluding hydrogens is 346 g/mol. The van der Waals surface area contributed by atoms with Gasteiger partial charge in [0.2, 0.25) is 0 Å². The molecule has 1 saturated heterocycles. The second kappa shape index (κ2) is 7.49. The molecule has 1 fully saturated rings. The van der Waals surface area contributed by atoms with Crippen molar-refractivity contribution in [2.45, 2.75) is 25.8 Å². The minimum absolute atomic E-state index is 0.0121. The van der Waals surface area contributed by atoms with E-state index >= 15 is 0 Å². The average Bonchev–Trinajstić information content (AvgIpc) is 2.94. The zero-order valence-corrected chi connectivity index (χ0v) is 15.2. The van der Waals surface area contributed by atoms with Crippen LogP contribution in [0.15, 0.2) is 53.6 Å². The summed E-state index contributed by atoms with van der Waals surface area (Å²) in [5, 5.41) is 17.4. The van der Waals surface area contributed by atoms with E-state index in [-0.39, 0.29) is 5.75 Å². The number of phenolic OH excluding ortho intramolecular Hbond substituents is 1. The quantitative estimate of drug-likeness (QED) is 0.606. The first-order valence-corrected chi connectivity index (χ1v) is 8.74. The van der Waals surface area contributed by atoms with Gasteiger partial charge >= 0.3 is 6.03 Å². The topological polar surface area (TPSA) is 91.2 Å². The molecule has 0 saturated carbocycles. The summed E-state index contributed by atoms with van der Waals surface area (Å²) >= 11 is 0. The minimum Gasteiger partial charge on any atom is -0.504 e. The number of carbonyl (C=O) groups excluding carboxylic acids is 2. The van der Waals surface area contributed by atoms with Crippen molar-refractivity contribution >= 4 is 18.2 Å². The summed E-state index contributed by atoms with van der Waals surface area (Å²) in [5.41, 5.74) is 0.179. The lowest BCUT2D eigenvalue weighted by molar-refractivity contribution is -0.131. The van der Waals surface area contributed by atoms with Crippen LogP contribution in [0.5, 0.6) is 11.5 Å². The van der Waals surface area contributed by atoms with Crippen molar-refractivity contribution in [2.75, 3.05) is 6.61 Å². The Morgan fingerprint density at radius 2 is 1.93 bits per heavy atom. The van der Waals surface area contributed by atoms with Gasteiger partial charge in [-0.25, -0.2) is 4.79 Å². The van der Waals surface area contributed by atoms with E-state index in [1.165, 1.54) is 12.3 Å². The number of urea groups is 1. The van der Waals surface area contributed by atoms with Crippen LogP contribution in [0.25, 0.3) is 0 Å². The van der Waals surface area contributed by atoms with Gasteiger partial charge in [0.05, 0.1) is 12.8 Å². The van der Waals surface area contributed by atoms with E-state index in [1.807, 2.05) is 37.3 Å². The lowest BCUT2D eigenvalue weighted by atomic mass is 9.87. The molecular formula is C20H21N3O4. The van der Waals surface area contributed by atoms with Crippen molar-refractivity contribution in [1.82, 2.24) is 10.3 Å². The molecule has 1 atom stereocenters. The zero-order valence-electron chi connectivity index (χ0n) is 15.2. The third-order valence-corrected chi connectivity index (χ3v) is 4.47. The number of rotatable bonds is 6. The van der Waals surface area contributed by atoms with Crippen molar-refractivity contribution in [3.63, 3.8) is 0 Å². The summed E-state index contributed by atoms with van der Waals surface area (Å²) in [6, 6.07) is 13.2. The highest BCUT2D eigenvalue weighted by Crippen LogP contribution is 2.32. The van der Waals surface area contributed by atoms with E-state index in [2.05, 4.69) is 10.4 Å². The van der Waals surface area contributed by atoms with E-state index in [9.17, 15) is 14.7 Å². The van der Waals surface area contributed by atoms with Crippen LogP contribution >= 0.6 is 0 Å². The molecule has 27 heavy (non-hydrogen) atoms. The number of hydrogen-bond acceptors (Lipinski definition) is 5. The van der Waals surface area contributed by atoms with Gasteiger partial charge in [0.15, 0.2) is 11.5 Å². The van der Waals surface area contributed by atoms with E-state index in [4.69, 9.17) is 4.74 Å². The number of imide groups is 1. The van der Waals surface area contributed by atoms with Gasteiger partial charge in [0.1, 0.15) is 5.54 Å². The molecule has 0 radical (unpaired) electrons. The van der Waals surface area contributed by atoms with Gasteiger partial charge in [0, 0.05) is 0 Å². The molecule has 2 aromatic rings. The summed E-state index contributed by atoms with van der Waals surface area (Å²) in [7, 11) is 0. The first-order chi connectivity index (χ1) is 13.0. The van der Waals surface area contributed by atoms with Gasteiger partial charge in [0.25, 0.3) is 5.91 Å². The molecule has 0 spiro atoms. The highest BCUT2D eigenvalue weighted by molar-refractivity contribution is 6.07. The van der Waals surface area contributed by atoms with Crippen molar-refractivity contribution in [2.24, 2.45) is 5.10 Å². The number of benzene rings is 2. The molecule has 140 valence electrons. The monoisotopic (exact) mass is 367 g/mol. The highest BCUT2D eigenvalue weighted by Gasteiger charge is 2.51. The third-order valence-electron chi connectivity index (χ3n) is 4.47. The molecule has 7 nitrogen and oxygen atoms in total. The first kappa shape index (κ1) is 18.4. The number of hydrogen-bond donors (Lipinski definition) is 2. The molecule has 0 bridgehead atoms. The van der Waals surface area contributed by atoms with Gasteiger partial charge in [-0.2, -0.15) is 5.10 Å². The lowest BCUT2D eigenvalue weighted by Crippen LogP contribution is -2.43. The Balaban J connectivity index is 1.88. The van der Waals surface area contributed by atoms with E-state index < -0.39 is 17.5 Å². The molecule has 3 amide bonds. The summed E-state index contributed by atoms with van der Waals surface area (Å²) in [6.07, 6.45) is 1.79. The van der Waals surface area contributed by atoms with Gasteiger partial charge in [-0.15, -0.1) is 5.01 Å². The summed E-state index contributed by atoms with van der Waals surface area (Å²) < 4.78 is 5.33. The summed E-state index contributed by atoms with van der Waals surface area (Å²) in [6.45, 7) is 4.05. The highest BCUT2D eigenvalue weighted by atomic mass is 16.5. The molecule has 1 aliphatic rings. The van der Waals surface area contributed by atoms with Gasteiger partial charge < -0.3 is 15.2 Å². The largest absolute Gasteiger partial charge is 0.504 e. The van der Waals surface area contributed by atoms with Crippen molar-refractivity contribution in [3.8, 4) is 11.5 Å². The first-order valence-electron chi connectivity index (χ1n) is 8.74.